The number of amides is 4. The van der Waals surface area contributed by atoms with E-state index < -0.39 is 38.8 Å². The van der Waals surface area contributed by atoms with Gasteiger partial charge >= 0.3 is 6.09 Å². The Balaban J connectivity index is 1.000. The lowest BCUT2D eigenvalue weighted by Crippen LogP contribution is -2.54. The number of aliphatic hydroxyl groups is 1. The summed E-state index contributed by atoms with van der Waals surface area (Å²) in [5.41, 5.74) is 5.68. The van der Waals surface area contributed by atoms with E-state index in [1.807, 2.05) is 29.7 Å². The van der Waals surface area contributed by atoms with Crippen LogP contribution in [-0.2, 0) is 23.9 Å². The summed E-state index contributed by atoms with van der Waals surface area (Å²) in [6.45, 7) is 9.36. The van der Waals surface area contributed by atoms with Crippen molar-refractivity contribution in [2.45, 2.75) is 82.8 Å². The molecule has 0 bridgehead atoms. The van der Waals surface area contributed by atoms with E-state index in [4.69, 9.17) is 19.4 Å². The Bertz CT molecular complexity index is 2420. The summed E-state index contributed by atoms with van der Waals surface area (Å²) in [7, 11) is -0.541. The quantitative estimate of drug-likeness (QED) is 0.101. The van der Waals surface area contributed by atoms with Gasteiger partial charge in [0.05, 0.1) is 50.2 Å². The van der Waals surface area contributed by atoms with E-state index in [9.17, 15) is 24.3 Å². The zero-order valence-electron chi connectivity index (χ0n) is 35.5. The Hall–Kier alpha value is -5.58. The Morgan fingerprint density at radius 2 is 1.64 bits per heavy atom. The molecule has 5 N–H and O–H groups in total. The summed E-state index contributed by atoms with van der Waals surface area (Å²) in [6.07, 6.45) is 4.78. The van der Waals surface area contributed by atoms with Gasteiger partial charge in [-0.1, -0.05) is 69.4 Å². The third kappa shape index (κ3) is 8.66. The number of nitrogens with one attached hydrogen (secondary N) is 4. The number of rotatable bonds is 11. The number of hydrogen-bond acceptors (Lipinski definition) is 9. The first-order chi connectivity index (χ1) is 29.3. The first-order valence-electron chi connectivity index (χ1n) is 21.4. The minimum Gasteiger partial charge on any atom is -0.453 e. The second-order valence-corrected chi connectivity index (χ2v) is 22.9. The molecule has 3 fully saturated rings. The molecule has 0 radical (unpaired) electrons. The number of benzene rings is 3. The van der Waals surface area contributed by atoms with Crippen LogP contribution in [0.3, 0.4) is 0 Å². The van der Waals surface area contributed by atoms with Crippen molar-refractivity contribution >= 4 is 53.7 Å². The van der Waals surface area contributed by atoms with Crippen molar-refractivity contribution in [3.05, 3.63) is 72.4 Å². The van der Waals surface area contributed by atoms with Crippen LogP contribution in [0.5, 0.6) is 0 Å². The molecule has 3 aromatic carbocycles. The molecule has 3 aliphatic heterocycles. The molecule has 5 aromatic rings. The van der Waals surface area contributed by atoms with Crippen LogP contribution in [0, 0.1) is 11.8 Å². The molecule has 4 amide bonds. The lowest BCUT2D eigenvalue weighted by molar-refractivity contribution is -0.140. The topological polar surface area (TPSA) is 195 Å². The normalized spacial score (nSPS) is 20.3. The fraction of sp³-hybridized carbons (Fsp3) is 0.467. The van der Waals surface area contributed by atoms with Crippen molar-refractivity contribution in [1.29, 1.82) is 0 Å². The fourth-order valence-corrected chi connectivity index (χ4v) is 12.3. The van der Waals surface area contributed by atoms with Crippen LogP contribution in [0.1, 0.15) is 63.3 Å². The average Bonchev–Trinajstić information content (AvgIpc) is 4.10. The van der Waals surface area contributed by atoms with Gasteiger partial charge in [-0.25, -0.2) is 14.8 Å². The maximum Gasteiger partial charge on any atom is 0.407 e. The van der Waals surface area contributed by atoms with Crippen LogP contribution in [0.2, 0.25) is 19.1 Å². The van der Waals surface area contributed by atoms with Crippen LogP contribution in [0.4, 0.5) is 4.79 Å². The molecule has 8 rings (SSSR count). The van der Waals surface area contributed by atoms with Gasteiger partial charge in [0.15, 0.2) is 0 Å². The van der Waals surface area contributed by atoms with Crippen LogP contribution in [0.25, 0.3) is 44.2 Å². The molecular formula is C45H56N8O7Si. The van der Waals surface area contributed by atoms with Gasteiger partial charge in [0, 0.05) is 31.3 Å². The number of likely N-dealkylation sites (tertiary alicyclic amines) is 1. The molecule has 61 heavy (non-hydrogen) atoms. The van der Waals surface area contributed by atoms with E-state index in [1.54, 1.807) is 6.20 Å². The summed E-state index contributed by atoms with van der Waals surface area (Å²) in [6, 6.07) is 17.8. The smallest absolute Gasteiger partial charge is 0.407 e. The number of aromatic nitrogens is 4. The van der Waals surface area contributed by atoms with E-state index >= 15 is 0 Å². The minimum atomic E-state index is -1.83. The molecule has 0 spiro atoms. The van der Waals surface area contributed by atoms with Gasteiger partial charge in [-0.05, 0) is 77.8 Å². The van der Waals surface area contributed by atoms with E-state index in [1.165, 1.54) is 7.11 Å². The van der Waals surface area contributed by atoms with Gasteiger partial charge in [-0.3, -0.25) is 14.4 Å². The Labute approximate surface area is 356 Å². The number of aromatic amines is 2. The highest BCUT2D eigenvalue weighted by atomic mass is 28.3. The molecule has 2 aromatic heterocycles. The van der Waals surface area contributed by atoms with E-state index in [-0.39, 0.29) is 35.7 Å². The molecule has 3 saturated heterocycles. The number of hydrogen-bond donors (Lipinski definition) is 5. The molecule has 16 heteroatoms. The van der Waals surface area contributed by atoms with Crippen molar-refractivity contribution in [1.82, 2.24) is 40.4 Å². The number of ether oxygens (including phenoxy) is 2. The minimum absolute atomic E-state index is 0.0689. The third-order valence-corrected chi connectivity index (χ3v) is 15.3. The van der Waals surface area contributed by atoms with Crippen LogP contribution < -0.4 is 10.6 Å². The molecule has 322 valence electrons. The maximum atomic E-state index is 14.4. The van der Waals surface area contributed by atoms with Crippen molar-refractivity contribution < 1.29 is 33.8 Å². The molecule has 0 aliphatic carbocycles. The number of carbonyl (C=O) groups excluding carboxylic acids is 4. The number of H-pyrrole nitrogens is 2. The Morgan fingerprint density at radius 3 is 2.36 bits per heavy atom. The highest BCUT2D eigenvalue weighted by molar-refractivity contribution is 6.78. The van der Waals surface area contributed by atoms with Gasteiger partial charge < -0.3 is 45.0 Å². The summed E-state index contributed by atoms with van der Waals surface area (Å²) >= 11 is 0. The number of methoxy groups -OCH3 is 1. The second kappa shape index (κ2) is 17.4. The number of imidazole rings is 2. The molecule has 3 aliphatic rings. The zero-order valence-corrected chi connectivity index (χ0v) is 36.5. The number of alkyl carbamates (subject to hydrolysis) is 1. The lowest BCUT2D eigenvalue weighted by atomic mass is 9.90. The van der Waals surface area contributed by atoms with E-state index in [2.05, 4.69) is 82.2 Å². The lowest BCUT2D eigenvalue weighted by Gasteiger charge is -2.34. The Morgan fingerprint density at radius 1 is 0.902 bits per heavy atom. The SMILES string of the molecule is COC(=O)NC(C(=O)N1CCCC1c1ncc(-c2ccc(-c3ccc4c(ccc5[nH]c([C@@H]6C[Si](C)(C)CN6C(=O)C(NC(=O)CO)C6CCOCC6)nc54)c3)cc2)[nH]1)C(C)C. The van der Waals surface area contributed by atoms with Crippen LogP contribution >= 0.6 is 0 Å². The Kier molecular flexibility index (Phi) is 12.0. The number of fused-ring (bicyclic) bond motifs is 3. The van der Waals surface area contributed by atoms with Crippen molar-refractivity contribution in [2.24, 2.45) is 11.8 Å². The molecular weight excluding hydrogens is 793 g/mol. The maximum absolute atomic E-state index is 14.4. The summed E-state index contributed by atoms with van der Waals surface area (Å²) < 4.78 is 10.3. The van der Waals surface area contributed by atoms with Gasteiger partial charge in [-0.15, -0.1) is 0 Å². The number of carbonyl (C=O) groups is 4. The fourth-order valence-electron chi connectivity index (χ4n) is 9.42. The van der Waals surface area contributed by atoms with Crippen LogP contribution in [-0.4, -0.2) is 118 Å². The van der Waals surface area contributed by atoms with Gasteiger partial charge in [-0.2, -0.15) is 0 Å². The zero-order chi connectivity index (χ0) is 43.0. The first-order valence-corrected chi connectivity index (χ1v) is 24.8. The molecule has 5 heterocycles. The highest BCUT2D eigenvalue weighted by Gasteiger charge is 2.47. The van der Waals surface area contributed by atoms with E-state index in [0.29, 0.717) is 38.8 Å². The van der Waals surface area contributed by atoms with Crippen molar-refractivity contribution in [3.8, 4) is 22.4 Å². The summed E-state index contributed by atoms with van der Waals surface area (Å²) in [5.74, 6) is 0.470. The molecule has 4 atom stereocenters. The predicted molar refractivity (Wildman–Crippen MR) is 234 cm³/mol. The highest BCUT2D eigenvalue weighted by Crippen LogP contribution is 2.40. The monoisotopic (exact) mass is 848 g/mol. The second-order valence-electron chi connectivity index (χ2n) is 17.8. The average molecular weight is 849 g/mol. The molecule has 3 unspecified atom stereocenters. The van der Waals surface area contributed by atoms with Gasteiger partial charge in [0.25, 0.3) is 0 Å². The predicted octanol–water partition coefficient (Wildman–Crippen LogP) is 5.85. The van der Waals surface area contributed by atoms with Crippen molar-refractivity contribution in [3.63, 3.8) is 0 Å². The summed E-state index contributed by atoms with van der Waals surface area (Å²) in [5, 5.41) is 17.1. The standard InChI is InChI=1S/C45H56N8O7Si/c1-26(2)38(51-45(58)59-3)43(56)52-18-6-7-35(52)41-46-22-34(48-41)28-10-8-27(9-11-28)30-12-14-32-31(21-30)13-15-33-40(32)50-42(47-33)36-24-61(4,5)25-53(36)44(57)39(49-37(55)23-54)29-16-19-60-20-17-29/h8-15,21-22,26,29,35-36,38-39,54H,6-7,16-20,23-25H2,1-5H3,(H,46,48)(H,47,50)(H,49,55)(H,51,58)/t35?,36-,38?,39?/m0/s1. The van der Waals surface area contributed by atoms with Gasteiger partial charge in [0.1, 0.15) is 30.3 Å². The first kappa shape index (κ1) is 42.1. The number of nitrogens with zero attached hydrogens (tertiary/aromatic N) is 4. The summed E-state index contributed by atoms with van der Waals surface area (Å²) in [4.78, 5) is 73.0. The third-order valence-electron chi connectivity index (χ3n) is 12.6. The largest absolute Gasteiger partial charge is 0.453 e. The van der Waals surface area contributed by atoms with Crippen molar-refractivity contribution in [2.75, 3.05) is 39.6 Å². The van der Waals surface area contributed by atoms with Gasteiger partial charge in [0.2, 0.25) is 17.7 Å². The number of aliphatic hydroxyl groups excluding tert-OH is 1. The van der Waals surface area contributed by atoms with Crippen LogP contribution in [0.15, 0.2) is 60.8 Å². The molecule has 15 nitrogen and oxygen atoms in total. The molecule has 0 saturated carbocycles. The van der Waals surface area contributed by atoms with E-state index in [0.717, 1.165) is 74.7 Å².